The molecular formula is C35H38ClN3O5S. The number of ether oxygens (including phenoxy) is 1. The Morgan fingerprint density at radius 2 is 1.47 bits per heavy atom. The Morgan fingerprint density at radius 3 is 2.09 bits per heavy atom. The van der Waals surface area contributed by atoms with E-state index in [4.69, 9.17) is 16.3 Å². The molecule has 0 bridgehead atoms. The molecule has 1 N–H and O–H groups in total. The van der Waals surface area contributed by atoms with Crippen LogP contribution in [0.25, 0.3) is 0 Å². The number of hydrogen-bond donors (Lipinski definition) is 1. The van der Waals surface area contributed by atoms with Crippen LogP contribution < -0.4 is 14.4 Å². The highest BCUT2D eigenvalue weighted by molar-refractivity contribution is 7.92. The van der Waals surface area contributed by atoms with Gasteiger partial charge in [-0.1, -0.05) is 85.3 Å². The second kappa shape index (κ2) is 16.1. The van der Waals surface area contributed by atoms with Gasteiger partial charge in [0.25, 0.3) is 10.0 Å². The summed E-state index contributed by atoms with van der Waals surface area (Å²) in [4.78, 5) is 29.7. The molecule has 0 aliphatic heterocycles. The summed E-state index contributed by atoms with van der Waals surface area (Å²) in [7, 11) is -4.19. The fraction of sp³-hybridized carbons (Fsp3) is 0.257. The number of nitrogens with one attached hydrogen (secondary N) is 1. The highest BCUT2D eigenvalue weighted by Crippen LogP contribution is 2.27. The van der Waals surface area contributed by atoms with Crippen molar-refractivity contribution in [3.05, 3.63) is 125 Å². The molecule has 0 fully saturated rings. The molecule has 4 rings (SSSR count). The highest BCUT2D eigenvalue weighted by atomic mass is 35.5. The number of rotatable bonds is 15. The molecule has 0 spiro atoms. The topological polar surface area (TPSA) is 96.0 Å². The first-order valence-corrected chi connectivity index (χ1v) is 16.7. The number of amides is 2. The van der Waals surface area contributed by atoms with Gasteiger partial charge < -0.3 is 15.0 Å². The molecule has 0 aliphatic carbocycles. The van der Waals surface area contributed by atoms with E-state index in [-0.39, 0.29) is 29.5 Å². The van der Waals surface area contributed by atoms with Crippen molar-refractivity contribution in [3.63, 3.8) is 0 Å². The van der Waals surface area contributed by atoms with Crippen molar-refractivity contribution in [1.29, 1.82) is 0 Å². The van der Waals surface area contributed by atoms with Crippen LogP contribution in [0.3, 0.4) is 0 Å². The Balaban J connectivity index is 1.79. The summed E-state index contributed by atoms with van der Waals surface area (Å²) < 4.78 is 34.8. The van der Waals surface area contributed by atoms with E-state index in [2.05, 4.69) is 5.32 Å². The number of anilines is 1. The lowest BCUT2D eigenvalue weighted by Gasteiger charge is -2.34. The van der Waals surface area contributed by atoms with Gasteiger partial charge in [-0.15, -0.1) is 0 Å². The minimum Gasteiger partial charge on any atom is -0.494 e. The summed E-state index contributed by atoms with van der Waals surface area (Å²) in [6.45, 7) is 4.12. The van der Waals surface area contributed by atoms with Gasteiger partial charge >= 0.3 is 0 Å². The Morgan fingerprint density at radius 1 is 0.844 bits per heavy atom. The molecule has 0 unspecified atom stereocenters. The van der Waals surface area contributed by atoms with Crippen molar-refractivity contribution < 1.29 is 22.7 Å². The maximum Gasteiger partial charge on any atom is 0.264 e. The van der Waals surface area contributed by atoms with Crippen LogP contribution >= 0.6 is 11.6 Å². The van der Waals surface area contributed by atoms with Gasteiger partial charge in [0.2, 0.25) is 11.8 Å². The van der Waals surface area contributed by atoms with E-state index >= 15 is 0 Å². The zero-order chi connectivity index (χ0) is 32.2. The quantitative estimate of drug-likeness (QED) is 0.168. The van der Waals surface area contributed by atoms with Crippen LogP contribution in [0.2, 0.25) is 5.02 Å². The first-order valence-electron chi connectivity index (χ1n) is 14.9. The number of sulfonamides is 1. The summed E-state index contributed by atoms with van der Waals surface area (Å²) in [6, 6.07) is 30.0. The van der Waals surface area contributed by atoms with Gasteiger partial charge in [0, 0.05) is 24.5 Å². The van der Waals surface area contributed by atoms with Crippen molar-refractivity contribution in [2.75, 3.05) is 24.0 Å². The normalized spacial score (nSPS) is 11.8. The second-order valence-corrected chi connectivity index (χ2v) is 12.6. The average molecular weight is 648 g/mol. The number of nitrogens with zero attached hydrogens (tertiary/aromatic N) is 2. The van der Waals surface area contributed by atoms with E-state index < -0.39 is 28.5 Å². The number of benzene rings is 4. The van der Waals surface area contributed by atoms with Crippen molar-refractivity contribution in [3.8, 4) is 5.75 Å². The minimum atomic E-state index is -4.19. The maximum absolute atomic E-state index is 14.5. The summed E-state index contributed by atoms with van der Waals surface area (Å²) in [5.41, 5.74) is 1.77. The van der Waals surface area contributed by atoms with Crippen molar-refractivity contribution in [2.24, 2.45) is 0 Å². The van der Waals surface area contributed by atoms with Crippen molar-refractivity contribution >= 4 is 39.1 Å². The molecule has 0 saturated heterocycles. The molecule has 0 saturated carbocycles. The molecule has 10 heteroatoms. The number of carbonyl (C=O) groups excluding carboxylic acids is 2. The third kappa shape index (κ3) is 8.86. The first kappa shape index (κ1) is 33.6. The minimum absolute atomic E-state index is 0.00193. The van der Waals surface area contributed by atoms with Crippen molar-refractivity contribution in [1.82, 2.24) is 10.2 Å². The largest absolute Gasteiger partial charge is 0.494 e. The maximum atomic E-state index is 14.5. The van der Waals surface area contributed by atoms with Crippen molar-refractivity contribution in [2.45, 2.75) is 44.2 Å². The van der Waals surface area contributed by atoms with Gasteiger partial charge in [-0.25, -0.2) is 8.42 Å². The monoisotopic (exact) mass is 647 g/mol. The lowest BCUT2D eigenvalue weighted by molar-refractivity contribution is -0.140. The average Bonchev–Trinajstić information content (AvgIpc) is 3.06. The fourth-order valence-electron chi connectivity index (χ4n) is 4.85. The Labute approximate surface area is 270 Å². The van der Waals surface area contributed by atoms with Crippen LogP contribution in [0.5, 0.6) is 5.75 Å². The summed E-state index contributed by atoms with van der Waals surface area (Å²) in [5, 5.41) is 3.37. The Kier molecular flexibility index (Phi) is 12.0. The fourth-order valence-corrected chi connectivity index (χ4v) is 6.48. The molecule has 4 aromatic rings. The predicted molar refractivity (Wildman–Crippen MR) is 178 cm³/mol. The van der Waals surface area contributed by atoms with Gasteiger partial charge in [-0.05, 0) is 66.9 Å². The van der Waals surface area contributed by atoms with Gasteiger partial charge in [-0.2, -0.15) is 0 Å². The number of halogens is 1. The molecule has 236 valence electrons. The first-order chi connectivity index (χ1) is 21.7. The summed E-state index contributed by atoms with van der Waals surface area (Å²) in [5.74, 6) is -0.323. The van der Waals surface area contributed by atoms with Crippen LogP contribution in [-0.2, 0) is 32.6 Å². The van der Waals surface area contributed by atoms with E-state index in [0.29, 0.717) is 35.9 Å². The van der Waals surface area contributed by atoms with Gasteiger partial charge in [0.15, 0.2) is 0 Å². The van der Waals surface area contributed by atoms with Gasteiger partial charge in [0.1, 0.15) is 18.3 Å². The van der Waals surface area contributed by atoms with Gasteiger partial charge in [-0.3, -0.25) is 13.9 Å². The third-order valence-electron chi connectivity index (χ3n) is 7.16. The van der Waals surface area contributed by atoms with E-state index in [0.717, 1.165) is 9.87 Å². The van der Waals surface area contributed by atoms with Crippen LogP contribution in [0, 0.1) is 0 Å². The highest BCUT2D eigenvalue weighted by Gasteiger charge is 2.34. The smallest absolute Gasteiger partial charge is 0.264 e. The molecule has 4 aromatic carbocycles. The van der Waals surface area contributed by atoms with E-state index in [1.54, 1.807) is 66.7 Å². The molecular weight excluding hydrogens is 610 g/mol. The summed E-state index contributed by atoms with van der Waals surface area (Å²) >= 11 is 6.54. The SMILES string of the molecule is CCCNC(=O)[C@@H](Cc1ccccc1)N(Cc1ccccc1Cl)C(=O)CN(c1ccc(OCC)cc1)S(=O)(=O)c1ccccc1. The van der Waals surface area contributed by atoms with E-state index in [1.165, 1.54) is 17.0 Å². The summed E-state index contributed by atoms with van der Waals surface area (Å²) in [6.07, 6.45) is 0.935. The van der Waals surface area contributed by atoms with Crippen LogP contribution in [0.15, 0.2) is 114 Å². The molecule has 0 heterocycles. The van der Waals surface area contributed by atoms with Crippen LogP contribution in [0.1, 0.15) is 31.4 Å². The Bertz CT molecular complexity index is 1650. The predicted octanol–water partition coefficient (Wildman–Crippen LogP) is 6.10. The number of hydrogen-bond acceptors (Lipinski definition) is 5. The van der Waals surface area contributed by atoms with E-state index in [9.17, 15) is 18.0 Å². The lowest BCUT2D eigenvalue weighted by atomic mass is 10.0. The van der Waals surface area contributed by atoms with Crippen LogP contribution in [0.4, 0.5) is 5.69 Å². The molecule has 0 radical (unpaired) electrons. The third-order valence-corrected chi connectivity index (χ3v) is 9.32. The zero-order valence-corrected chi connectivity index (χ0v) is 27.0. The van der Waals surface area contributed by atoms with Crippen LogP contribution in [-0.4, -0.2) is 50.9 Å². The standard InChI is InChI=1S/C35H38ClN3O5S/c1-3-23-37-35(41)33(24-27-13-7-5-8-14-27)38(25-28-15-11-12-18-32(28)36)34(40)26-39(29-19-21-30(22-20-29)44-4-2)45(42,43)31-16-9-6-10-17-31/h5-22,33H,3-4,23-26H2,1-2H3,(H,37,41)/t33-/m1/s1. The molecule has 1 atom stereocenters. The molecule has 8 nitrogen and oxygen atoms in total. The molecule has 2 amide bonds. The molecule has 0 aliphatic rings. The molecule has 45 heavy (non-hydrogen) atoms. The van der Waals surface area contributed by atoms with E-state index in [1.807, 2.05) is 44.2 Å². The Hall–Kier alpha value is -4.34. The molecule has 0 aromatic heterocycles. The van der Waals surface area contributed by atoms with Gasteiger partial charge in [0.05, 0.1) is 17.2 Å². The number of carbonyl (C=O) groups is 2. The second-order valence-electron chi connectivity index (χ2n) is 10.4. The zero-order valence-electron chi connectivity index (χ0n) is 25.4. The lowest BCUT2D eigenvalue weighted by Crippen LogP contribution is -2.53.